The highest BCUT2D eigenvalue weighted by molar-refractivity contribution is 6.00. The van der Waals surface area contributed by atoms with Gasteiger partial charge in [-0.05, 0) is 30.3 Å². The second-order valence-corrected chi connectivity index (χ2v) is 7.08. The molecule has 4 rings (SSSR count). The van der Waals surface area contributed by atoms with Gasteiger partial charge in [0.05, 0.1) is 25.3 Å². The fourth-order valence-corrected chi connectivity index (χ4v) is 3.49. The summed E-state index contributed by atoms with van der Waals surface area (Å²) < 4.78 is 6.99. The Labute approximate surface area is 174 Å². The van der Waals surface area contributed by atoms with Crippen molar-refractivity contribution in [1.82, 2.24) is 20.1 Å². The van der Waals surface area contributed by atoms with E-state index in [2.05, 4.69) is 15.4 Å². The Morgan fingerprint density at radius 2 is 2.10 bits per heavy atom. The summed E-state index contributed by atoms with van der Waals surface area (Å²) in [6.07, 6.45) is 3.79. The number of carbonyl (C=O) groups is 2. The van der Waals surface area contributed by atoms with Crippen LogP contribution in [0.2, 0.25) is 0 Å². The zero-order valence-electron chi connectivity index (χ0n) is 16.7. The summed E-state index contributed by atoms with van der Waals surface area (Å²) in [6, 6.07) is 14.9. The monoisotopic (exact) mass is 405 g/mol. The average Bonchev–Trinajstić information content (AvgIpc) is 3.41. The highest BCUT2D eigenvalue weighted by Crippen LogP contribution is 2.27. The SMILES string of the molecule is COc1cccc(N2CC(C(=O)NCCn3ccc(-c4ccccn4)n3)CC2=O)c1. The van der Waals surface area contributed by atoms with E-state index in [4.69, 9.17) is 4.74 Å². The molecule has 3 heterocycles. The number of nitrogens with one attached hydrogen (secondary N) is 1. The summed E-state index contributed by atoms with van der Waals surface area (Å²) in [5, 5.41) is 7.40. The Bertz CT molecular complexity index is 1030. The summed E-state index contributed by atoms with van der Waals surface area (Å²) in [5.41, 5.74) is 2.34. The summed E-state index contributed by atoms with van der Waals surface area (Å²) in [6.45, 7) is 1.34. The van der Waals surface area contributed by atoms with Gasteiger partial charge < -0.3 is 15.0 Å². The Morgan fingerprint density at radius 1 is 1.20 bits per heavy atom. The van der Waals surface area contributed by atoms with Gasteiger partial charge in [0.2, 0.25) is 11.8 Å². The van der Waals surface area contributed by atoms with Gasteiger partial charge in [-0.25, -0.2) is 0 Å². The molecule has 1 aliphatic rings. The number of methoxy groups -OCH3 is 1. The van der Waals surface area contributed by atoms with Gasteiger partial charge in [0.1, 0.15) is 11.4 Å². The van der Waals surface area contributed by atoms with Crippen molar-refractivity contribution in [1.29, 1.82) is 0 Å². The fraction of sp³-hybridized carbons (Fsp3) is 0.273. The van der Waals surface area contributed by atoms with Crippen molar-refractivity contribution in [3.8, 4) is 17.1 Å². The number of benzene rings is 1. The topological polar surface area (TPSA) is 89.3 Å². The summed E-state index contributed by atoms with van der Waals surface area (Å²) in [7, 11) is 1.58. The third kappa shape index (κ3) is 4.32. The van der Waals surface area contributed by atoms with E-state index in [0.717, 1.165) is 17.1 Å². The van der Waals surface area contributed by atoms with Crippen LogP contribution in [0.25, 0.3) is 11.4 Å². The molecule has 1 unspecified atom stereocenters. The molecule has 8 heteroatoms. The number of ether oxygens (including phenoxy) is 1. The minimum absolute atomic E-state index is 0.0597. The number of hydrogen-bond donors (Lipinski definition) is 1. The second-order valence-electron chi connectivity index (χ2n) is 7.08. The predicted molar refractivity (Wildman–Crippen MR) is 112 cm³/mol. The van der Waals surface area contributed by atoms with E-state index in [9.17, 15) is 9.59 Å². The number of amides is 2. The van der Waals surface area contributed by atoms with Gasteiger partial charge in [0, 0.05) is 43.7 Å². The largest absolute Gasteiger partial charge is 0.497 e. The molecule has 1 saturated heterocycles. The van der Waals surface area contributed by atoms with E-state index in [1.807, 2.05) is 48.7 Å². The lowest BCUT2D eigenvalue weighted by Gasteiger charge is -2.17. The maximum atomic E-state index is 12.6. The molecule has 2 amide bonds. The molecule has 1 N–H and O–H groups in total. The molecule has 30 heavy (non-hydrogen) atoms. The third-order valence-corrected chi connectivity index (χ3v) is 5.07. The number of anilines is 1. The van der Waals surface area contributed by atoms with Crippen molar-refractivity contribution >= 4 is 17.5 Å². The minimum Gasteiger partial charge on any atom is -0.497 e. The van der Waals surface area contributed by atoms with Gasteiger partial charge in [-0.2, -0.15) is 5.10 Å². The van der Waals surface area contributed by atoms with Gasteiger partial charge >= 0.3 is 0 Å². The Kier molecular flexibility index (Phi) is 5.74. The molecule has 0 bridgehead atoms. The number of aromatic nitrogens is 3. The second kappa shape index (κ2) is 8.77. The van der Waals surface area contributed by atoms with E-state index in [-0.39, 0.29) is 24.2 Å². The van der Waals surface area contributed by atoms with Crippen LogP contribution in [0.15, 0.2) is 60.9 Å². The van der Waals surface area contributed by atoms with Gasteiger partial charge in [0.15, 0.2) is 0 Å². The van der Waals surface area contributed by atoms with Crippen LogP contribution in [0, 0.1) is 5.92 Å². The maximum absolute atomic E-state index is 12.6. The highest BCUT2D eigenvalue weighted by atomic mass is 16.5. The fourth-order valence-electron chi connectivity index (χ4n) is 3.49. The highest BCUT2D eigenvalue weighted by Gasteiger charge is 2.35. The molecule has 0 radical (unpaired) electrons. The molecule has 1 aromatic carbocycles. The number of pyridine rings is 1. The van der Waals surface area contributed by atoms with Crippen LogP contribution < -0.4 is 15.0 Å². The first kappa shape index (κ1) is 19.6. The molecule has 0 spiro atoms. The predicted octanol–water partition coefficient (Wildman–Crippen LogP) is 2.12. The van der Waals surface area contributed by atoms with Crippen molar-refractivity contribution in [3.05, 3.63) is 60.9 Å². The molecule has 0 saturated carbocycles. The minimum atomic E-state index is -0.370. The normalized spacial score (nSPS) is 16.0. The van der Waals surface area contributed by atoms with E-state index in [1.165, 1.54) is 0 Å². The zero-order valence-corrected chi connectivity index (χ0v) is 16.7. The van der Waals surface area contributed by atoms with Crippen molar-refractivity contribution < 1.29 is 14.3 Å². The maximum Gasteiger partial charge on any atom is 0.227 e. The number of hydrogen-bond acceptors (Lipinski definition) is 5. The molecule has 1 fully saturated rings. The van der Waals surface area contributed by atoms with Crippen molar-refractivity contribution in [3.63, 3.8) is 0 Å². The zero-order chi connectivity index (χ0) is 20.9. The van der Waals surface area contributed by atoms with Crippen LogP contribution in [0.5, 0.6) is 5.75 Å². The van der Waals surface area contributed by atoms with E-state index in [0.29, 0.717) is 25.4 Å². The third-order valence-electron chi connectivity index (χ3n) is 5.07. The van der Waals surface area contributed by atoms with Crippen LogP contribution >= 0.6 is 0 Å². The lowest BCUT2D eigenvalue weighted by atomic mass is 10.1. The lowest BCUT2D eigenvalue weighted by Crippen LogP contribution is -2.34. The number of carbonyl (C=O) groups excluding carboxylic acids is 2. The van der Waals surface area contributed by atoms with Crippen LogP contribution in [-0.2, 0) is 16.1 Å². The van der Waals surface area contributed by atoms with Gasteiger partial charge in [0.25, 0.3) is 0 Å². The Balaban J connectivity index is 1.29. The molecule has 3 aromatic rings. The number of rotatable bonds is 7. The Hall–Kier alpha value is -3.68. The molecular weight excluding hydrogens is 382 g/mol. The molecule has 1 aliphatic heterocycles. The number of nitrogens with zero attached hydrogens (tertiary/aromatic N) is 4. The molecular formula is C22H23N5O3. The van der Waals surface area contributed by atoms with Crippen LogP contribution in [-0.4, -0.2) is 46.8 Å². The van der Waals surface area contributed by atoms with E-state index < -0.39 is 0 Å². The van der Waals surface area contributed by atoms with Gasteiger partial charge in [-0.3, -0.25) is 19.3 Å². The quantitative estimate of drug-likeness (QED) is 0.650. The van der Waals surface area contributed by atoms with Crippen LogP contribution in [0.3, 0.4) is 0 Å². The lowest BCUT2D eigenvalue weighted by molar-refractivity contribution is -0.126. The first-order chi connectivity index (χ1) is 14.6. The van der Waals surface area contributed by atoms with Crippen LogP contribution in [0.1, 0.15) is 6.42 Å². The molecule has 154 valence electrons. The smallest absolute Gasteiger partial charge is 0.227 e. The van der Waals surface area contributed by atoms with Gasteiger partial charge in [-0.15, -0.1) is 0 Å². The van der Waals surface area contributed by atoms with Crippen molar-refractivity contribution in [2.45, 2.75) is 13.0 Å². The molecule has 1 atom stereocenters. The Morgan fingerprint density at radius 3 is 2.90 bits per heavy atom. The summed E-state index contributed by atoms with van der Waals surface area (Å²) in [4.78, 5) is 30.9. The molecule has 2 aromatic heterocycles. The molecule has 0 aliphatic carbocycles. The first-order valence-corrected chi connectivity index (χ1v) is 9.81. The van der Waals surface area contributed by atoms with Crippen LogP contribution in [0.4, 0.5) is 5.69 Å². The summed E-state index contributed by atoms with van der Waals surface area (Å²) >= 11 is 0. The van der Waals surface area contributed by atoms with Gasteiger partial charge in [-0.1, -0.05) is 12.1 Å². The van der Waals surface area contributed by atoms with E-state index in [1.54, 1.807) is 29.0 Å². The molecule has 8 nitrogen and oxygen atoms in total. The summed E-state index contributed by atoms with van der Waals surface area (Å²) in [5.74, 6) is 0.129. The van der Waals surface area contributed by atoms with Crippen molar-refractivity contribution in [2.75, 3.05) is 25.1 Å². The first-order valence-electron chi connectivity index (χ1n) is 9.81. The standard InChI is InChI=1S/C22H23N5O3/c1-30-18-6-4-5-17(14-18)27-15-16(13-21(27)28)22(29)24-10-12-26-11-8-20(25-26)19-7-2-3-9-23-19/h2-9,11,14,16H,10,12-13,15H2,1H3,(H,24,29). The van der Waals surface area contributed by atoms with Crippen molar-refractivity contribution in [2.24, 2.45) is 5.92 Å². The average molecular weight is 405 g/mol. The van der Waals surface area contributed by atoms with E-state index >= 15 is 0 Å².